The highest BCUT2D eigenvalue weighted by Gasteiger charge is 2.39. The van der Waals surface area contributed by atoms with Crippen LogP contribution in [0.2, 0.25) is 0 Å². The first-order valence-corrected chi connectivity index (χ1v) is 9.88. The van der Waals surface area contributed by atoms with Gasteiger partial charge in [-0.05, 0) is 61.6 Å². The van der Waals surface area contributed by atoms with E-state index in [1.807, 2.05) is 4.90 Å². The number of carbonyl (C=O) groups is 1. The van der Waals surface area contributed by atoms with E-state index in [4.69, 9.17) is 4.74 Å². The van der Waals surface area contributed by atoms with E-state index in [1.165, 1.54) is 30.4 Å². The molecule has 0 radical (unpaired) electrons. The van der Waals surface area contributed by atoms with Gasteiger partial charge in [0.2, 0.25) is 5.91 Å². The van der Waals surface area contributed by atoms with Crippen molar-refractivity contribution in [2.24, 2.45) is 5.92 Å². The third-order valence-electron chi connectivity index (χ3n) is 6.24. The van der Waals surface area contributed by atoms with Crippen LogP contribution in [-0.4, -0.2) is 47.8 Å². The molecule has 0 saturated carbocycles. The summed E-state index contributed by atoms with van der Waals surface area (Å²) in [5.41, 5.74) is 4.03. The van der Waals surface area contributed by atoms with E-state index in [1.54, 1.807) is 0 Å². The van der Waals surface area contributed by atoms with Crippen LogP contribution in [0.5, 0.6) is 0 Å². The van der Waals surface area contributed by atoms with Crippen molar-refractivity contribution in [1.82, 2.24) is 4.90 Å². The van der Waals surface area contributed by atoms with Gasteiger partial charge in [-0.25, -0.2) is 0 Å². The summed E-state index contributed by atoms with van der Waals surface area (Å²) in [5, 5.41) is 10.3. The van der Waals surface area contributed by atoms with Gasteiger partial charge in [-0.2, -0.15) is 0 Å². The monoisotopic (exact) mass is 343 g/mol. The first kappa shape index (κ1) is 17.0. The molecule has 0 spiro atoms. The standard InChI is InChI=1S/C21H29NO3/c23-20-9-11-25-14-18(20)19-6-3-10-22(19)21(24)13-15-7-8-16-4-1-2-5-17(16)12-15/h7-8,12,18-20,23H,1-6,9-11,13-14H2/t18-,19+,20+/m0/s1. The van der Waals surface area contributed by atoms with Gasteiger partial charge < -0.3 is 14.7 Å². The lowest BCUT2D eigenvalue weighted by molar-refractivity contribution is -0.135. The van der Waals surface area contributed by atoms with Crippen LogP contribution in [0.4, 0.5) is 0 Å². The molecule has 2 fully saturated rings. The van der Waals surface area contributed by atoms with Gasteiger partial charge in [0.1, 0.15) is 0 Å². The number of hydrogen-bond acceptors (Lipinski definition) is 3. The average Bonchev–Trinajstić information content (AvgIpc) is 3.11. The molecule has 0 bridgehead atoms. The summed E-state index contributed by atoms with van der Waals surface area (Å²) in [6, 6.07) is 6.74. The quantitative estimate of drug-likeness (QED) is 0.917. The molecule has 1 amide bonds. The van der Waals surface area contributed by atoms with E-state index in [-0.39, 0.29) is 24.0 Å². The Bertz CT molecular complexity index is 630. The van der Waals surface area contributed by atoms with E-state index < -0.39 is 0 Å². The van der Waals surface area contributed by atoms with Gasteiger partial charge in [0.05, 0.1) is 19.1 Å². The number of rotatable bonds is 3. The SMILES string of the molecule is O=C(Cc1ccc2c(c1)CCCC2)N1CCC[C@@H]1[C@@H]1COCC[C@H]1O. The summed E-state index contributed by atoms with van der Waals surface area (Å²) >= 11 is 0. The highest BCUT2D eigenvalue weighted by atomic mass is 16.5. The van der Waals surface area contributed by atoms with Gasteiger partial charge in [0.25, 0.3) is 0 Å². The molecule has 25 heavy (non-hydrogen) atoms. The number of hydrogen-bond donors (Lipinski definition) is 1. The summed E-state index contributed by atoms with van der Waals surface area (Å²) in [6.45, 7) is 2.03. The maximum Gasteiger partial charge on any atom is 0.227 e. The van der Waals surface area contributed by atoms with Gasteiger partial charge in [0, 0.05) is 25.1 Å². The minimum atomic E-state index is -0.337. The van der Waals surface area contributed by atoms with Gasteiger partial charge in [-0.3, -0.25) is 4.79 Å². The number of benzene rings is 1. The Morgan fingerprint density at radius 2 is 2.00 bits per heavy atom. The molecule has 0 unspecified atom stereocenters. The Hall–Kier alpha value is -1.39. The van der Waals surface area contributed by atoms with E-state index in [0.717, 1.165) is 31.4 Å². The van der Waals surface area contributed by atoms with Crippen molar-refractivity contribution in [2.45, 2.75) is 63.5 Å². The molecule has 3 aliphatic rings. The van der Waals surface area contributed by atoms with Crippen LogP contribution in [0.15, 0.2) is 18.2 Å². The van der Waals surface area contributed by atoms with Gasteiger partial charge >= 0.3 is 0 Å². The van der Waals surface area contributed by atoms with Crippen LogP contribution in [0, 0.1) is 5.92 Å². The maximum atomic E-state index is 12.9. The lowest BCUT2D eigenvalue weighted by atomic mass is 9.88. The Morgan fingerprint density at radius 3 is 2.84 bits per heavy atom. The van der Waals surface area contributed by atoms with Gasteiger partial charge in [0.15, 0.2) is 0 Å². The van der Waals surface area contributed by atoms with Crippen LogP contribution in [0.1, 0.15) is 48.8 Å². The van der Waals surface area contributed by atoms with Crippen LogP contribution in [-0.2, 0) is 28.8 Å². The summed E-state index contributed by atoms with van der Waals surface area (Å²) in [4.78, 5) is 15.0. The molecule has 1 aromatic carbocycles. The van der Waals surface area contributed by atoms with Crippen molar-refractivity contribution in [1.29, 1.82) is 0 Å². The minimum Gasteiger partial charge on any atom is -0.393 e. The van der Waals surface area contributed by atoms with Gasteiger partial charge in [-0.15, -0.1) is 0 Å². The van der Waals surface area contributed by atoms with E-state index in [2.05, 4.69) is 18.2 Å². The first-order chi connectivity index (χ1) is 12.2. The number of aliphatic hydroxyl groups excluding tert-OH is 1. The number of aliphatic hydroxyl groups is 1. The molecular formula is C21H29NO3. The highest BCUT2D eigenvalue weighted by Crippen LogP contribution is 2.30. The number of carbonyl (C=O) groups excluding carboxylic acids is 1. The fourth-order valence-corrected chi connectivity index (χ4v) is 4.84. The summed E-state index contributed by atoms with van der Waals surface area (Å²) in [6.07, 6.45) is 7.72. The second-order valence-electron chi connectivity index (χ2n) is 7.88. The molecule has 136 valence electrons. The van der Waals surface area contributed by atoms with Crippen LogP contribution < -0.4 is 0 Å². The summed E-state index contributed by atoms with van der Waals surface area (Å²) in [7, 11) is 0. The zero-order valence-corrected chi connectivity index (χ0v) is 15.0. The molecule has 1 aliphatic carbocycles. The van der Waals surface area contributed by atoms with Crippen molar-refractivity contribution in [3.8, 4) is 0 Å². The summed E-state index contributed by atoms with van der Waals surface area (Å²) < 4.78 is 5.58. The minimum absolute atomic E-state index is 0.0729. The van der Waals surface area contributed by atoms with Crippen molar-refractivity contribution in [3.05, 3.63) is 34.9 Å². The third-order valence-corrected chi connectivity index (χ3v) is 6.24. The maximum absolute atomic E-state index is 12.9. The van der Waals surface area contributed by atoms with Crippen molar-refractivity contribution in [3.63, 3.8) is 0 Å². The normalized spacial score (nSPS) is 29.5. The number of likely N-dealkylation sites (tertiary alicyclic amines) is 1. The smallest absolute Gasteiger partial charge is 0.227 e. The first-order valence-electron chi connectivity index (χ1n) is 9.88. The van der Waals surface area contributed by atoms with E-state index in [9.17, 15) is 9.90 Å². The lowest BCUT2D eigenvalue weighted by Gasteiger charge is -2.37. The largest absolute Gasteiger partial charge is 0.393 e. The number of nitrogens with zero attached hydrogens (tertiary/aromatic N) is 1. The zero-order chi connectivity index (χ0) is 17.2. The molecule has 4 heteroatoms. The Morgan fingerprint density at radius 1 is 1.16 bits per heavy atom. The molecule has 0 aromatic heterocycles. The highest BCUT2D eigenvalue weighted by molar-refractivity contribution is 5.79. The fourth-order valence-electron chi connectivity index (χ4n) is 4.84. The third kappa shape index (κ3) is 3.61. The zero-order valence-electron chi connectivity index (χ0n) is 15.0. The number of ether oxygens (including phenoxy) is 1. The van der Waals surface area contributed by atoms with Crippen molar-refractivity contribution >= 4 is 5.91 Å². The molecular weight excluding hydrogens is 314 g/mol. The molecule has 4 rings (SSSR count). The second-order valence-corrected chi connectivity index (χ2v) is 7.88. The van der Waals surface area contributed by atoms with Gasteiger partial charge in [-0.1, -0.05) is 18.2 Å². The predicted octanol–water partition coefficient (Wildman–Crippen LogP) is 2.50. The van der Waals surface area contributed by atoms with Crippen LogP contribution >= 0.6 is 0 Å². The second kappa shape index (κ2) is 7.46. The van der Waals surface area contributed by atoms with Crippen molar-refractivity contribution in [2.75, 3.05) is 19.8 Å². The Balaban J connectivity index is 1.44. The fraction of sp³-hybridized carbons (Fsp3) is 0.667. The predicted molar refractivity (Wildman–Crippen MR) is 96.5 cm³/mol. The molecule has 2 heterocycles. The molecule has 2 aliphatic heterocycles. The van der Waals surface area contributed by atoms with E-state index >= 15 is 0 Å². The average molecular weight is 343 g/mol. The molecule has 1 aromatic rings. The topological polar surface area (TPSA) is 49.8 Å². The van der Waals surface area contributed by atoms with Crippen LogP contribution in [0.3, 0.4) is 0 Å². The number of amides is 1. The molecule has 2 saturated heterocycles. The Labute approximate surface area is 150 Å². The number of aryl methyl sites for hydroxylation is 2. The van der Waals surface area contributed by atoms with E-state index in [0.29, 0.717) is 26.1 Å². The molecule has 4 nitrogen and oxygen atoms in total. The van der Waals surface area contributed by atoms with Crippen LogP contribution in [0.25, 0.3) is 0 Å². The molecule has 3 atom stereocenters. The Kier molecular flexibility index (Phi) is 5.09. The lowest BCUT2D eigenvalue weighted by Crippen LogP contribution is -2.48. The molecule has 1 N–H and O–H groups in total. The van der Waals surface area contributed by atoms with Crippen molar-refractivity contribution < 1.29 is 14.6 Å². The number of fused-ring (bicyclic) bond motifs is 1. The summed E-state index contributed by atoms with van der Waals surface area (Å²) in [5.74, 6) is 0.278.